The fourth-order valence-corrected chi connectivity index (χ4v) is 4.66. The largest absolute Gasteiger partial charge is 0.493 e. The summed E-state index contributed by atoms with van der Waals surface area (Å²) >= 11 is 4.65. The van der Waals surface area contributed by atoms with Crippen molar-refractivity contribution in [1.82, 2.24) is 10.2 Å². The molecule has 0 fully saturated rings. The molecule has 0 saturated carbocycles. The predicted octanol–water partition coefficient (Wildman–Crippen LogP) is 4.28. The smallest absolute Gasteiger partial charge is 0.175 e. The topological polar surface area (TPSA) is 61.3 Å². The van der Waals surface area contributed by atoms with Crippen molar-refractivity contribution in [3.8, 4) is 11.5 Å². The van der Waals surface area contributed by atoms with Gasteiger partial charge in [-0.25, -0.2) is 0 Å². The normalized spacial score (nSPS) is 10.9. The van der Waals surface area contributed by atoms with Crippen LogP contribution in [0.2, 0.25) is 0 Å². The van der Waals surface area contributed by atoms with Crippen LogP contribution in [0.1, 0.15) is 24.2 Å². The number of ether oxygens (including phenoxy) is 2. The van der Waals surface area contributed by atoms with Gasteiger partial charge in [-0.05, 0) is 24.1 Å². The van der Waals surface area contributed by atoms with Gasteiger partial charge in [0.15, 0.2) is 26.0 Å². The Bertz CT molecular complexity index is 689. The lowest BCUT2D eigenvalue weighted by Crippen LogP contribution is -2.03. The van der Waals surface area contributed by atoms with Crippen LogP contribution in [0.5, 0.6) is 11.5 Å². The molecule has 1 heterocycles. The highest BCUT2D eigenvalue weighted by atomic mass is 32.2. The maximum absolute atomic E-state index is 12.3. The Morgan fingerprint density at radius 3 is 2.42 bits per heavy atom. The van der Waals surface area contributed by atoms with Gasteiger partial charge in [-0.2, -0.15) is 0 Å². The number of benzene rings is 1. The lowest BCUT2D eigenvalue weighted by atomic mass is 10.1. The number of ketones is 1. The van der Waals surface area contributed by atoms with Gasteiger partial charge in [0.05, 0.1) is 20.0 Å². The second-order valence-electron chi connectivity index (χ2n) is 5.32. The van der Waals surface area contributed by atoms with Gasteiger partial charge in [0, 0.05) is 11.3 Å². The van der Waals surface area contributed by atoms with E-state index in [2.05, 4.69) is 24.0 Å². The molecule has 0 N–H and O–H groups in total. The minimum absolute atomic E-state index is 0.0209. The summed E-state index contributed by atoms with van der Waals surface area (Å²) in [6.45, 7) is 4.34. The van der Waals surface area contributed by atoms with Crippen LogP contribution in [-0.4, -0.2) is 41.7 Å². The van der Waals surface area contributed by atoms with E-state index in [-0.39, 0.29) is 5.78 Å². The molecule has 8 heteroatoms. The molecule has 5 nitrogen and oxygen atoms in total. The van der Waals surface area contributed by atoms with E-state index in [4.69, 9.17) is 9.47 Å². The number of Topliss-reactive ketones (excluding diaryl/α,β-unsaturated/α-hetero) is 1. The third-order valence-corrected chi connectivity index (χ3v) is 6.58. The minimum atomic E-state index is 0.0209. The summed E-state index contributed by atoms with van der Waals surface area (Å²) in [6, 6.07) is 5.18. The number of hydrogen-bond acceptors (Lipinski definition) is 8. The van der Waals surface area contributed by atoms with E-state index in [0.717, 1.165) is 14.4 Å². The van der Waals surface area contributed by atoms with E-state index in [0.29, 0.717) is 28.7 Å². The highest BCUT2D eigenvalue weighted by molar-refractivity contribution is 8.03. The summed E-state index contributed by atoms with van der Waals surface area (Å²) in [7, 11) is 3.12. The fraction of sp³-hybridized carbons (Fsp3) is 0.438. The standard InChI is InChI=1S/C16H20N2O3S3/c1-10(2)8-22-15-17-18-16(24-15)23-9-12(19)11-5-6-13(20-3)14(7-11)21-4/h5-7,10H,8-9H2,1-4H3. The highest BCUT2D eigenvalue weighted by Crippen LogP contribution is 2.31. The Morgan fingerprint density at radius 1 is 1.12 bits per heavy atom. The SMILES string of the molecule is COc1ccc(C(=O)CSc2nnc(SCC(C)C)s2)cc1OC. The first kappa shape index (κ1) is 19.1. The molecule has 0 amide bonds. The van der Waals surface area contributed by atoms with Gasteiger partial charge in [0.25, 0.3) is 0 Å². The monoisotopic (exact) mass is 384 g/mol. The zero-order valence-electron chi connectivity index (χ0n) is 14.1. The van der Waals surface area contributed by atoms with Gasteiger partial charge in [-0.3, -0.25) is 4.79 Å². The maximum atomic E-state index is 12.3. The van der Waals surface area contributed by atoms with E-state index in [1.165, 1.54) is 23.1 Å². The van der Waals surface area contributed by atoms with E-state index in [1.54, 1.807) is 44.2 Å². The molecule has 24 heavy (non-hydrogen) atoms. The Hall–Kier alpha value is -1.25. The molecule has 1 aromatic heterocycles. The summed E-state index contributed by atoms with van der Waals surface area (Å²) < 4.78 is 12.2. The number of hydrogen-bond donors (Lipinski definition) is 0. The van der Waals surface area contributed by atoms with Gasteiger partial charge in [0.2, 0.25) is 0 Å². The average Bonchev–Trinajstić information content (AvgIpc) is 3.05. The van der Waals surface area contributed by atoms with Crippen LogP contribution in [0.4, 0.5) is 0 Å². The van der Waals surface area contributed by atoms with Crippen molar-refractivity contribution in [1.29, 1.82) is 0 Å². The summed E-state index contributed by atoms with van der Waals surface area (Å²) in [5, 5.41) is 8.29. The van der Waals surface area contributed by atoms with Crippen molar-refractivity contribution in [3.05, 3.63) is 23.8 Å². The van der Waals surface area contributed by atoms with E-state index in [9.17, 15) is 4.79 Å². The first-order valence-corrected chi connectivity index (χ1v) is 10.2. The molecule has 0 aliphatic heterocycles. The number of nitrogens with zero attached hydrogens (tertiary/aromatic N) is 2. The molecule has 0 spiro atoms. The van der Waals surface area contributed by atoms with Crippen molar-refractivity contribution in [2.24, 2.45) is 5.92 Å². The van der Waals surface area contributed by atoms with Crippen LogP contribution in [0.25, 0.3) is 0 Å². The van der Waals surface area contributed by atoms with Crippen LogP contribution < -0.4 is 9.47 Å². The summed E-state index contributed by atoms with van der Waals surface area (Å²) in [5.41, 5.74) is 0.596. The van der Waals surface area contributed by atoms with Gasteiger partial charge in [-0.15, -0.1) is 10.2 Å². The molecule has 0 aliphatic carbocycles. The number of methoxy groups -OCH3 is 2. The number of thioether (sulfide) groups is 2. The lowest BCUT2D eigenvalue weighted by molar-refractivity contribution is 0.102. The number of rotatable bonds is 9. The second-order valence-corrected chi connectivity index (χ2v) is 8.79. The maximum Gasteiger partial charge on any atom is 0.175 e. The fourth-order valence-electron chi connectivity index (χ4n) is 1.77. The first-order valence-electron chi connectivity index (χ1n) is 7.37. The third kappa shape index (κ3) is 5.39. The average molecular weight is 385 g/mol. The van der Waals surface area contributed by atoms with Crippen molar-refractivity contribution < 1.29 is 14.3 Å². The zero-order chi connectivity index (χ0) is 17.5. The van der Waals surface area contributed by atoms with E-state index < -0.39 is 0 Å². The summed E-state index contributed by atoms with van der Waals surface area (Å²) in [6.07, 6.45) is 0. The molecule has 0 radical (unpaired) electrons. The predicted molar refractivity (Wildman–Crippen MR) is 100 cm³/mol. The minimum Gasteiger partial charge on any atom is -0.493 e. The third-order valence-electron chi connectivity index (χ3n) is 2.96. The molecule has 2 rings (SSSR count). The molecular weight excluding hydrogens is 364 g/mol. The first-order chi connectivity index (χ1) is 11.5. The van der Waals surface area contributed by atoms with Crippen LogP contribution in [0, 0.1) is 5.92 Å². The highest BCUT2D eigenvalue weighted by Gasteiger charge is 2.13. The van der Waals surface area contributed by atoms with Crippen LogP contribution in [-0.2, 0) is 0 Å². The molecular formula is C16H20N2O3S3. The van der Waals surface area contributed by atoms with Crippen molar-refractivity contribution in [2.75, 3.05) is 25.7 Å². The molecule has 0 atom stereocenters. The van der Waals surface area contributed by atoms with Crippen molar-refractivity contribution in [2.45, 2.75) is 22.5 Å². The van der Waals surface area contributed by atoms with Gasteiger partial charge >= 0.3 is 0 Å². The molecule has 0 unspecified atom stereocenters. The zero-order valence-corrected chi connectivity index (χ0v) is 16.5. The second kappa shape index (κ2) is 9.29. The molecule has 0 bridgehead atoms. The molecule has 0 aliphatic rings. The van der Waals surface area contributed by atoms with Crippen LogP contribution in [0.3, 0.4) is 0 Å². The van der Waals surface area contributed by atoms with Gasteiger partial charge in [0.1, 0.15) is 0 Å². The van der Waals surface area contributed by atoms with Gasteiger partial charge < -0.3 is 9.47 Å². The number of aromatic nitrogens is 2. The molecule has 1 aromatic carbocycles. The Morgan fingerprint density at radius 2 is 1.79 bits per heavy atom. The molecule has 2 aromatic rings. The summed E-state index contributed by atoms with van der Waals surface area (Å²) in [5.74, 6) is 3.13. The van der Waals surface area contributed by atoms with Crippen molar-refractivity contribution in [3.63, 3.8) is 0 Å². The Kier molecular flexibility index (Phi) is 7.39. The number of carbonyl (C=O) groups excluding carboxylic acids is 1. The van der Waals surface area contributed by atoms with Crippen LogP contribution >= 0.6 is 34.9 Å². The summed E-state index contributed by atoms with van der Waals surface area (Å²) in [4.78, 5) is 12.3. The quantitative estimate of drug-likeness (QED) is 0.472. The van der Waals surface area contributed by atoms with Gasteiger partial charge in [-0.1, -0.05) is 48.7 Å². The lowest BCUT2D eigenvalue weighted by Gasteiger charge is -2.08. The van der Waals surface area contributed by atoms with E-state index >= 15 is 0 Å². The Labute approximate surface area is 154 Å². The molecule has 130 valence electrons. The number of carbonyl (C=O) groups is 1. The van der Waals surface area contributed by atoms with E-state index in [1.807, 2.05) is 0 Å². The Balaban J connectivity index is 1.93. The van der Waals surface area contributed by atoms with Crippen molar-refractivity contribution >= 4 is 40.6 Å². The molecule has 0 saturated heterocycles. The van der Waals surface area contributed by atoms with Crippen LogP contribution in [0.15, 0.2) is 26.9 Å².